The molecule has 128 valence electrons. The van der Waals surface area contributed by atoms with E-state index in [9.17, 15) is 18.0 Å². The topological polar surface area (TPSA) is 54.0 Å². The monoisotopic (exact) mass is 355 g/mol. The highest BCUT2D eigenvalue weighted by atomic mass is 32.1. The molecule has 24 heavy (non-hydrogen) atoms. The summed E-state index contributed by atoms with van der Waals surface area (Å²) >= 11 is 0.994. The van der Waals surface area contributed by atoms with Gasteiger partial charge in [0, 0.05) is 18.5 Å². The van der Waals surface area contributed by atoms with Crippen molar-refractivity contribution in [3.05, 3.63) is 39.9 Å². The number of hydrogen-bond acceptors (Lipinski definition) is 4. The third-order valence-electron chi connectivity index (χ3n) is 3.93. The van der Waals surface area contributed by atoms with Gasteiger partial charge in [-0.25, -0.2) is 4.98 Å². The molecule has 0 radical (unpaired) electrons. The van der Waals surface area contributed by atoms with Gasteiger partial charge in [-0.2, -0.15) is 13.2 Å². The summed E-state index contributed by atoms with van der Waals surface area (Å²) in [4.78, 5) is 16.7. The molecular formula is C16H16F3N3OS. The molecule has 2 aromatic rings. The summed E-state index contributed by atoms with van der Waals surface area (Å²) in [5.41, 5.74) is 0.870. The molecule has 2 N–H and O–H groups in total. The number of hydrogen-bond donors (Lipinski definition) is 2. The predicted molar refractivity (Wildman–Crippen MR) is 87.3 cm³/mol. The van der Waals surface area contributed by atoms with E-state index >= 15 is 0 Å². The maximum Gasteiger partial charge on any atom is 0.433 e. The zero-order valence-corrected chi connectivity index (χ0v) is 13.8. The van der Waals surface area contributed by atoms with Crippen LogP contribution in [0.15, 0.2) is 23.8 Å². The Bertz CT molecular complexity index is 811. The van der Waals surface area contributed by atoms with E-state index in [1.807, 2.05) is 6.08 Å². The molecule has 3 heterocycles. The lowest BCUT2D eigenvalue weighted by Gasteiger charge is -2.14. The number of pyridine rings is 1. The summed E-state index contributed by atoms with van der Waals surface area (Å²) < 4.78 is 38.3. The van der Waals surface area contributed by atoms with E-state index in [-0.39, 0.29) is 10.7 Å². The minimum Gasteiger partial charge on any atom is -0.348 e. The fourth-order valence-electron chi connectivity index (χ4n) is 2.58. The average molecular weight is 355 g/mol. The van der Waals surface area contributed by atoms with Crippen LogP contribution in [-0.4, -0.2) is 30.5 Å². The van der Waals surface area contributed by atoms with Crippen LogP contribution in [0.1, 0.15) is 27.3 Å². The number of nitrogens with zero attached hydrogens (tertiary/aromatic N) is 1. The van der Waals surface area contributed by atoms with E-state index in [0.29, 0.717) is 22.4 Å². The standard InChI is InChI=1S/C16H16F3N3OS/c1-9-11-2-3-12(16(17,18)19)22-15(11)24-13(9)14(23)21-8-10-4-6-20-7-5-10/h2-4,20H,5-8H2,1H3,(H,21,23). The SMILES string of the molecule is Cc1c(C(=O)NCC2=CCNCC2)sc2nc(C(F)(F)F)ccc12. The first-order chi connectivity index (χ1) is 11.4. The third kappa shape index (κ3) is 3.44. The molecule has 8 heteroatoms. The molecule has 0 saturated heterocycles. The highest BCUT2D eigenvalue weighted by molar-refractivity contribution is 7.20. The van der Waals surface area contributed by atoms with E-state index in [2.05, 4.69) is 15.6 Å². The smallest absolute Gasteiger partial charge is 0.348 e. The lowest BCUT2D eigenvalue weighted by molar-refractivity contribution is -0.140. The Morgan fingerprint density at radius 3 is 2.88 bits per heavy atom. The lowest BCUT2D eigenvalue weighted by Crippen LogP contribution is -2.29. The fourth-order valence-corrected chi connectivity index (χ4v) is 3.67. The first kappa shape index (κ1) is 16.9. The van der Waals surface area contributed by atoms with E-state index in [1.54, 1.807) is 6.92 Å². The summed E-state index contributed by atoms with van der Waals surface area (Å²) in [5, 5.41) is 6.61. The number of carbonyl (C=O) groups is 1. The minimum atomic E-state index is -4.49. The number of alkyl halides is 3. The zero-order chi connectivity index (χ0) is 17.3. The van der Waals surface area contributed by atoms with Crippen molar-refractivity contribution in [1.82, 2.24) is 15.6 Å². The number of halogens is 3. The summed E-state index contributed by atoms with van der Waals surface area (Å²) in [6, 6.07) is 2.33. The van der Waals surface area contributed by atoms with Crippen molar-refractivity contribution < 1.29 is 18.0 Å². The third-order valence-corrected chi connectivity index (χ3v) is 5.13. The molecule has 0 atom stereocenters. The summed E-state index contributed by atoms with van der Waals surface area (Å²) in [5.74, 6) is -0.275. The Kier molecular flexibility index (Phi) is 4.60. The number of fused-ring (bicyclic) bond motifs is 1. The Balaban J connectivity index is 1.82. The first-order valence-electron chi connectivity index (χ1n) is 7.50. The normalized spacial score (nSPS) is 15.4. The Hall–Kier alpha value is -1.93. The number of thiophene rings is 1. The van der Waals surface area contributed by atoms with E-state index in [0.717, 1.165) is 42.5 Å². The number of amides is 1. The highest BCUT2D eigenvalue weighted by Crippen LogP contribution is 2.34. The number of carbonyl (C=O) groups excluding carboxylic acids is 1. The molecule has 1 amide bonds. The molecule has 1 aliphatic heterocycles. The number of aryl methyl sites for hydroxylation is 1. The summed E-state index contributed by atoms with van der Waals surface area (Å²) in [6.45, 7) is 3.85. The van der Waals surface area contributed by atoms with Crippen molar-refractivity contribution in [3.8, 4) is 0 Å². The molecule has 0 aromatic carbocycles. The van der Waals surface area contributed by atoms with Gasteiger partial charge in [-0.05, 0) is 37.6 Å². The second-order valence-corrected chi connectivity index (χ2v) is 6.60. The molecule has 0 aliphatic carbocycles. The molecule has 3 rings (SSSR count). The minimum absolute atomic E-state index is 0.230. The number of aromatic nitrogens is 1. The maximum atomic E-state index is 12.8. The van der Waals surface area contributed by atoms with Crippen LogP contribution in [0.25, 0.3) is 10.2 Å². The molecule has 0 unspecified atom stereocenters. The molecule has 0 bridgehead atoms. The average Bonchev–Trinajstić information content (AvgIpc) is 2.89. The molecule has 0 spiro atoms. The van der Waals surface area contributed by atoms with Crippen LogP contribution < -0.4 is 10.6 Å². The van der Waals surface area contributed by atoms with Gasteiger partial charge in [-0.15, -0.1) is 11.3 Å². The van der Waals surface area contributed by atoms with Gasteiger partial charge in [-0.1, -0.05) is 11.6 Å². The molecular weight excluding hydrogens is 339 g/mol. The van der Waals surface area contributed by atoms with Crippen LogP contribution >= 0.6 is 11.3 Å². The Morgan fingerprint density at radius 2 is 2.21 bits per heavy atom. The van der Waals surface area contributed by atoms with Gasteiger partial charge in [0.1, 0.15) is 10.5 Å². The van der Waals surface area contributed by atoms with Crippen LogP contribution in [0.3, 0.4) is 0 Å². The van der Waals surface area contributed by atoms with Gasteiger partial charge in [0.15, 0.2) is 0 Å². The number of nitrogens with one attached hydrogen (secondary N) is 2. The fraction of sp³-hybridized carbons (Fsp3) is 0.375. The second kappa shape index (κ2) is 6.52. The molecule has 1 aliphatic rings. The number of rotatable bonds is 3. The molecule has 0 saturated carbocycles. The molecule has 0 fully saturated rings. The van der Waals surface area contributed by atoms with Gasteiger partial charge >= 0.3 is 6.18 Å². The van der Waals surface area contributed by atoms with Crippen molar-refractivity contribution in [2.24, 2.45) is 0 Å². The van der Waals surface area contributed by atoms with Crippen molar-refractivity contribution in [2.45, 2.75) is 19.5 Å². The van der Waals surface area contributed by atoms with Crippen LogP contribution in [0.4, 0.5) is 13.2 Å². The summed E-state index contributed by atoms with van der Waals surface area (Å²) in [6.07, 6.45) is -1.57. The van der Waals surface area contributed by atoms with Crippen LogP contribution in [0.2, 0.25) is 0 Å². The van der Waals surface area contributed by atoms with Crippen LogP contribution in [0, 0.1) is 6.92 Å². The van der Waals surface area contributed by atoms with Gasteiger partial charge < -0.3 is 10.6 Å². The quantitative estimate of drug-likeness (QED) is 0.831. The van der Waals surface area contributed by atoms with Gasteiger partial charge in [0.25, 0.3) is 5.91 Å². The Morgan fingerprint density at radius 1 is 1.42 bits per heavy atom. The highest BCUT2D eigenvalue weighted by Gasteiger charge is 2.33. The maximum absolute atomic E-state index is 12.8. The second-order valence-electron chi connectivity index (χ2n) is 5.60. The van der Waals surface area contributed by atoms with Gasteiger partial charge in [0.05, 0.1) is 4.88 Å². The van der Waals surface area contributed by atoms with Crippen molar-refractivity contribution in [1.29, 1.82) is 0 Å². The van der Waals surface area contributed by atoms with E-state index < -0.39 is 11.9 Å². The van der Waals surface area contributed by atoms with Crippen molar-refractivity contribution in [2.75, 3.05) is 19.6 Å². The van der Waals surface area contributed by atoms with Gasteiger partial charge in [-0.3, -0.25) is 4.79 Å². The lowest BCUT2D eigenvalue weighted by atomic mass is 10.1. The first-order valence-corrected chi connectivity index (χ1v) is 8.32. The van der Waals surface area contributed by atoms with Gasteiger partial charge in [0.2, 0.25) is 0 Å². The predicted octanol–water partition coefficient (Wildman–Crippen LogP) is 3.27. The largest absolute Gasteiger partial charge is 0.433 e. The van der Waals surface area contributed by atoms with Crippen LogP contribution in [0.5, 0.6) is 0 Å². The molecule has 2 aromatic heterocycles. The van der Waals surface area contributed by atoms with Crippen molar-refractivity contribution in [3.63, 3.8) is 0 Å². The van der Waals surface area contributed by atoms with E-state index in [4.69, 9.17) is 0 Å². The molecule has 4 nitrogen and oxygen atoms in total. The van der Waals surface area contributed by atoms with E-state index in [1.165, 1.54) is 6.07 Å². The van der Waals surface area contributed by atoms with Crippen molar-refractivity contribution >= 4 is 27.5 Å². The Labute approximate surface area is 140 Å². The van der Waals surface area contributed by atoms with Crippen LogP contribution in [-0.2, 0) is 6.18 Å². The summed E-state index contributed by atoms with van der Waals surface area (Å²) in [7, 11) is 0. The zero-order valence-electron chi connectivity index (χ0n) is 13.0.